The molecule has 0 aliphatic carbocycles. The van der Waals surface area contributed by atoms with E-state index in [-0.39, 0.29) is 24.8 Å². The highest BCUT2D eigenvalue weighted by atomic mass is 35.5. The molecule has 4 rings (SSSR count). The molecule has 0 atom stereocenters. The van der Waals surface area contributed by atoms with Crippen LogP contribution in [0, 0.1) is 0 Å². The number of piperidine rings is 1. The lowest BCUT2D eigenvalue weighted by Crippen LogP contribution is -2.31. The summed E-state index contributed by atoms with van der Waals surface area (Å²) >= 11 is 0. The number of likely N-dealkylation sites (tertiary alicyclic amines) is 1. The summed E-state index contributed by atoms with van der Waals surface area (Å²) in [6, 6.07) is 6.73. The number of aromatic nitrogens is 5. The molecular formula is C15H20Cl2N6. The second-order valence-corrected chi connectivity index (χ2v) is 5.71. The van der Waals surface area contributed by atoms with Crippen LogP contribution in [0.25, 0.3) is 16.6 Å². The number of halogens is 2. The third-order valence-electron chi connectivity index (χ3n) is 4.33. The Morgan fingerprint density at radius 2 is 1.74 bits per heavy atom. The Kier molecular flexibility index (Phi) is 5.62. The first-order valence-corrected chi connectivity index (χ1v) is 7.33. The third kappa shape index (κ3) is 3.20. The molecule has 0 unspecified atom stereocenters. The zero-order chi connectivity index (χ0) is 14.2. The lowest BCUT2D eigenvalue weighted by Gasteiger charge is -2.29. The fraction of sp³-hybridized carbons (Fsp3) is 0.400. The van der Waals surface area contributed by atoms with Crippen molar-refractivity contribution in [3.63, 3.8) is 0 Å². The van der Waals surface area contributed by atoms with Crippen molar-refractivity contribution in [2.75, 3.05) is 20.1 Å². The first kappa shape index (κ1) is 17.7. The molecule has 2 aromatic heterocycles. The zero-order valence-electron chi connectivity index (χ0n) is 12.9. The van der Waals surface area contributed by atoms with Gasteiger partial charge in [-0.05, 0) is 39.0 Å². The molecule has 23 heavy (non-hydrogen) atoms. The molecule has 0 radical (unpaired) electrons. The SMILES string of the molecule is CN1CCC(n2ncc3cccc(-n4cnnc4)c32)CC1.Cl.Cl. The van der Waals surface area contributed by atoms with Gasteiger partial charge in [0, 0.05) is 5.39 Å². The average molecular weight is 355 g/mol. The Hall–Kier alpha value is -1.63. The van der Waals surface area contributed by atoms with E-state index in [0.29, 0.717) is 6.04 Å². The van der Waals surface area contributed by atoms with E-state index in [1.165, 1.54) is 10.9 Å². The number of benzene rings is 1. The summed E-state index contributed by atoms with van der Waals surface area (Å²) in [5, 5.41) is 13.7. The average Bonchev–Trinajstić information content (AvgIpc) is 3.17. The normalized spacial score (nSPS) is 16.0. The molecule has 1 fully saturated rings. The van der Waals surface area contributed by atoms with Crippen LogP contribution in [-0.4, -0.2) is 49.6 Å². The van der Waals surface area contributed by atoms with E-state index in [1.54, 1.807) is 12.7 Å². The van der Waals surface area contributed by atoms with Gasteiger partial charge in [-0.15, -0.1) is 35.0 Å². The van der Waals surface area contributed by atoms with E-state index < -0.39 is 0 Å². The molecule has 0 saturated carbocycles. The van der Waals surface area contributed by atoms with Gasteiger partial charge in [0.1, 0.15) is 12.7 Å². The van der Waals surface area contributed by atoms with Gasteiger partial charge in [0.15, 0.2) is 0 Å². The quantitative estimate of drug-likeness (QED) is 0.709. The van der Waals surface area contributed by atoms with Crippen molar-refractivity contribution in [2.24, 2.45) is 0 Å². The van der Waals surface area contributed by atoms with Crippen molar-refractivity contribution in [1.82, 2.24) is 29.4 Å². The summed E-state index contributed by atoms with van der Waals surface area (Å²) < 4.78 is 4.15. The minimum absolute atomic E-state index is 0. The van der Waals surface area contributed by atoms with Crippen molar-refractivity contribution in [3.8, 4) is 5.69 Å². The maximum atomic E-state index is 4.66. The molecule has 0 bridgehead atoms. The topological polar surface area (TPSA) is 51.8 Å². The maximum absolute atomic E-state index is 4.66. The summed E-state index contributed by atoms with van der Waals surface area (Å²) in [6.45, 7) is 2.25. The van der Waals surface area contributed by atoms with Crippen LogP contribution in [0.1, 0.15) is 18.9 Å². The lowest BCUT2D eigenvalue weighted by atomic mass is 10.1. The van der Waals surface area contributed by atoms with E-state index in [9.17, 15) is 0 Å². The van der Waals surface area contributed by atoms with Gasteiger partial charge in [-0.25, -0.2) is 0 Å². The third-order valence-corrected chi connectivity index (χ3v) is 4.33. The largest absolute Gasteiger partial charge is 0.306 e. The minimum atomic E-state index is 0. The van der Waals surface area contributed by atoms with Gasteiger partial charge in [0.2, 0.25) is 0 Å². The van der Waals surface area contributed by atoms with Gasteiger partial charge in [-0.2, -0.15) is 5.10 Å². The van der Waals surface area contributed by atoms with Gasteiger partial charge in [-0.3, -0.25) is 9.25 Å². The number of fused-ring (bicyclic) bond motifs is 1. The molecule has 1 aliphatic heterocycles. The first-order chi connectivity index (χ1) is 10.3. The minimum Gasteiger partial charge on any atom is -0.306 e. The highest BCUT2D eigenvalue weighted by Gasteiger charge is 2.21. The molecular weight excluding hydrogens is 335 g/mol. The Labute approximate surface area is 147 Å². The van der Waals surface area contributed by atoms with Crippen LogP contribution in [0.4, 0.5) is 0 Å². The first-order valence-electron chi connectivity index (χ1n) is 7.33. The summed E-state index contributed by atoms with van der Waals surface area (Å²) in [7, 11) is 2.18. The van der Waals surface area contributed by atoms with E-state index in [2.05, 4.69) is 50.1 Å². The Balaban J connectivity index is 0.000000960. The second-order valence-electron chi connectivity index (χ2n) is 5.71. The van der Waals surface area contributed by atoms with Crippen molar-refractivity contribution in [3.05, 3.63) is 37.1 Å². The zero-order valence-corrected chi connectivity index (χ0v) is 14.5. The molecule has 1 aliphatic rings. The van der Waals surface area contributed by atoms with Crippen LogP contribution in [0.5, 0.6) is 0 Å². The highest BCUT2D eigenvalue weighted by Crippen LogP contribution is 2.29. The smallest absolute Gasteiger partial charge is 0.123 e. The summed E-state index contributed by atoms with van der Waals surface area (Å²) in [5.74, 6) is 0. The van der Waals surface area contributed by atoms with Crippen LogP contribution >= 0.6 is 24.8 Å². The number of hydrogen-bond donors (Lipinski definition) is 0. The molecule has 1 aromatic carbocycles. The predicted molar refractivity (Wildman–Crippen MR) is 94.9 cm³/mol. The maximum Gasteiger partial charge on any atom is 0.123 e. The molecule has 8 heteroatoms. The van der Waals surface area contributed by atoms with E-state index in [1.807, 2.05) is 10.8 Å². The second kappa shape index (κ2) is 7.29. The van der Waals surface area contributed by atoms with Crippen molar-refractivity contribution < 1.29 is 0 Å². The van der Waals surface area contributed by atoms with Crippen LogP contribution in [-0.2, 0) is 0 Å². The van der Waals surface area contributed by atoms with Gasteiger partial charge in [-0.1, -0.05) is 12.1 Å². The molecule has 0 spiro atoms. The van der Waals surface area contributed by atoms with E-state index in [4.69, 9.17) is 0 Å². The van der Waals surface area contributed by atoms with E-state index in [0.717, 1.165) is 31.6 Å². The number of hydrogen-bond acceptors (Lipinski definition) is 4. The summed E-state index contributed by atoms with van der Waals surface area (Å²) in [5.41, 5.74) is 2.26. The van der Waals surface area contributed by atoms with Crippen molar-refractivity contribution >= 4 is 35.7 Å². The molecule has 6 nitrogen and oxygen atoms in total. The number of para-hydroxylation sites is 1. The Morgan fingerprint density at radius 3 is 2.43 bits per heavy atom. The molecule has 124 valence electrons. The molecule has 3 aromatic rings. The lowest BCUT2D eigenvalue weighted by molar-refractivity contribution is 0.215. The van der Waals surface area contributed by atoms with Gasteiger partial charge in [0.25, 0.3) is 0 Å². The number of rotatable bonds is 2. The fourth-order valence-corrected chi connectivity index (χ4v) is 3.13. The van der Waals surface area contributed by atoms with Gasteiger partial charge >= 0.3 is 0 Å². The van der Waals surface area contributed by atoms with Crippen molar-refractivity contribution in [1.29, 1.82) is 0 Å². The van der Waals surface area contributed by atoms with Crippen LogP contribution in [0.15, 0.2) is 37.1 Å². The summed E-state index contributed by atoms with van der Waals surface area (Å²) in [4.78, 5) is 2.38. The van der Waals surface area contributed by atoms with Gasteiger partial charge in [0.05, 0.1) is 23.4 Å². The summed E-state index contributed by atoms with van der Waals surface area (Å²) in [6.07, 6.45) is 7.72. The molecule has 1 saturated heterocycles. The van der Waals surface area contributed by atoms with Crippen molar-refractivity contribution in [2.45, 2.75) is 18.9 Å². The molecule has 3 heterocycles. The molecule has 0 amide bonds. The van der Waals surface area contributed by atoms with Crippen LogP contribution in [0.3, 0.4) is 0 Å². The Morgan fingerprint density at radius 1 is 1.04 bits per heavy atom. The number of nitrogens with zero attached hydrogens (tertiary/aromatic N) is 6. The van der Waals surface area contributed by atoms with E-state index >= 15 is 0 Å². The Bertz CT molecular complexity index is 747. The van der Waals surface area contributed by atoms with Crippen LogP contribution in [0.2, 0.25) is 0 Å². The van der Waals surface area contributed by atoms with Crippen LogP contribution < -0.4 is 0 Å². The monoisotopic (exact) mass is 354 g/mol. The standard InChI is InChI=1S/C15H18N6.2ClH/c1-19-7-5-13(6-8-19)21-15-12(9-18-21)3-2-4-14(15)20-10-16-17-11-20;;/h2-4,9-11,13H,5-8H2,1H3;2*1H. The molecule has 0 N–H and O–H groups in total. The fourth-order valence-electron chi connectivity index (χ4n) is 3.13. The van der Waals surface area contributed by atoms with Gasteiger partial charge < -0.3 is 4.90 Å². The highest BCUT2D eigenvalue weighted by molar-refractivity contribution is 5.87. The predicted octanol–water partition coefficient (Wildman–Crippen LogP) is 2.73.